The number of aryl methyl sites for hydroxylation is 1. The predicted molar refractivity (Wildman–Crippen MR) is 77.5 cm³/mol. The van der Waals surface area contributed by atoms with Crippen molar-refractivity contribution in [2.24, 2.45) is 0 Å². The maximum absolute atomic E-state index is 12.9. The van der Waals surface area contributed by atoms with Crippen LogP contribution in [0, 0.1) is 5.82 Å². The molecule has 1 aliphatic heterocycles. The number of halogens is 1. The molecule has 0 fully saturated rings. The van der Waals surface area contributed by atoms with Crippen LogP contribution in [0.2, 0.25) is 0 Å². The van der Waals surface area contributed by atoms with Crippen molar-refractivity contribution in [3.8, 4) is 0 Å². The van der Waals surface area contributed by atoms with E-state index in [2.05, 4.69) is 10.6 Å². The monoisotopic (exact) mass is 271 g/mol. The molecule has 102 valence electrons. The minimum atomic E-state index is -0.291. The summed E-state index contributed by atoms with van der Waals surface area (Å²) in [5.41, 5.74) is 9.85. The SMILES string of the molecule is Nc1cc2c(cc1Nc1ccc(F)cc1)NC(=O)CC2. The minimum absolute atomic E-state index is 0.00926. The van der Waals surface area contributed by atoms with E-state index >= 15 is 0 Å². The van der Waals surface area contributed by atoms with Gasteiger partial charge in [0, 0.05) is 17.8 Å². The van der Waals surface area contributed by atoms with Crippen LogP contribution in [-0.4, -0.2) is 5.91 Å². The van der Waals surface area contributed by atoms with Gasteiger partial charge in [0.15, 0.2) is 0 Å². The third kappa shape index (κ3) is 2.42. The molecule has 5 heteroatoms. The highest BCUT2D eigenvalue weighted by molar-refractivity contribution is 5.96. The summed E-state index contributed by atoms with van der Waals surface area (Å²) < 4.78 is 12.9. The average molecular weight is 271 g/mol. The molecule has 0 saturated carbocycles. The Bertz CT molecular complexity index is 668. The lowest BCUT2D eigenvalue weighted by atomic mass is 10.0. The molecule has 20 heavy (non-hydrogen) atoms. The Morgan fingerprint density at radius 3 is 2.65 bits per heavy atom. The van der Waals surface area contributed by atoms with Crippen molar-refractivity contribution < 1.29 is 9.18 Å². The third-order valence-electron chi connectivity index (χ3n) is 3.29. The number of nitrogens with one attached hydrogen (secondary N) is 2. The summed E-state index contributed by atoms with van der Waals surface area (Å²) in [4.78, 5) is 11.4. The van der Waals surface area contributed by atoms with Gasteiger partial charge in [-0.2, -0.15) is 0 Å². The first-order valence-corrected chi connectivity index (χ1v) is 6.36. The van der Waals surface area contributed by atoms with E-state index in [1.165, 1.54) is 12.1 Å². The summed E-state index contributed by atoms with van der Waals surface area (Å²) in [7, 11) is 0. The van der Waals surface area contributed by atoms with Crippen molar-refractivity contribution >= 4 is 28.7 Å². The maximum Gasteiger partial charge on any atom is 0.224 e. The maximum atomic E-state index is 12.9. The van der Waals surface area contributed by atoms with Crippen LogP contribution in [0.5, 0.6) is 0 Å². The molecule has 1 aliphatic rings. The molecule has 0 aliphatic carbocycles. The zero-order valence-corrected chi connectivity index (χ0v) is 10.7. The first-order valence-electron chi connectivity index (χ1n) is 6.36. The van der Waals surface area contributed by atoms with Gasteiger partial charge >= 0.3 is 0 Å². The molecule has 1 heterocycles. The van der Waals surface area contributed by atoms with E-state index in [4.69, 9.17) is 5.73 Å². The van der Waals surface area contributed by atoms with Crippen LogP contribution in [0.4, 0.5) is 27.1 Å². The average Bonchev–Trinajstić information content (AvgIpc) is 2.42. The molecule has 1 amide bonds. The van der Waals surface area contributed by atoms with E-state index in [9.17, 15) is 9.18 Å². The van der Waals surface area contributed by atoms with Crippen molar-refractivity contribution in [3.05, 3.63) is 47.8 Å². The second-order valence-electron chi connectivity index (χ2n) is 4.78. The molecule has 4 N–H and O–H groups in total. The third-order valence-corrected chi connectivity index (χ3v) is 3.29. The number of hydrogen-bond donors (Lipinski definition) is 3. The second kappa shape index (κ2) is 4.85. The molecule has 0 aromatic heterocycles. The van der Waals surface area contributed by atoms with Gasteiger partial charge in [-0.3, -0.25) is 4.79 Å². The molecule has 2 aromatic carbocycles. The molecule has 4 nitrogen and oxygen atoms in total. The molecule has 3 rings (SSSR count). The lowest BCUT2D eigenvalue weighted by Gasteiger charge is -2.19. The van der Waals surface area contributed by atoms with Crippen molar-refractivity contribution in [1.82, 2.24) is 0 Å². The molecular weight excluding hydrogens is 257 g/mol. The Morgan fingerprint density at radius 2 is 1.90 bits per heavy atom. The van der Waals surface area contributed by atoms with E-state index in [0.717, 1.165) is 16.9 Å². The topological polar surface area (TPSA) is 67.2 Å². The Balaban J connectivity index is 1.91. The number of hydrogen-bond acceptors (Lipinski definition) is 3. The number of anilines is 4. The van der Waals surface area contributed by atoms with Crippen molar-refractivity contribution in [3.63, 3.8) is 0 Å². The Kier molecular flexibility index (Phi) is 3.02. The largest absolute Gasteiger partial charge is 0.397 e. The minimum Gasteiger partial charge on any atom is -0.397 e. The van der Waals surface area contributed by atoms with Gasteiger partial charge in [0.05, 0.1) is 11.4 Å². The number of carbonyl (C=O) groups excluding carboxylic acids is 1. The van der Waals surface area contributed by atoms with Crippen molar-refractivity contribution in [1.29, 1.82) is 0 Å². The lowest BCUT2D eigenvalue weighted by molar-refractivity contribution is -0.116. The molecule has 0 bridgehead atoms. The smallest absolute Gasteiger partial charge is 0.224 e. The van der Waals surface area contributed by atoms with Crippen molar-refractivity contribution in [2.45, 2.75) is 12.8 Å². The van der Waals surface area contributed by atoms with E-state index in [0.29, 0.717) is 24.2 Å². The highest BCUT2D eigenvalue weighted by Gasteiger charge is 2.16. The second-order valence-corrected chi connectivity index (χ2v) is 4.78. The Labute approximate surface area is 115 Å². The first kappa shape index (κ1) is 12.5. The van der Waals surface area contributed by atoms with E-state index < -0.39 is 0 Å². The zero-order chi connectivity index (χ0) is 14.1. The van der Waals surface area contributed by atoms with Gasteiger partial charge in [-0.1, -0.05) is 0 Å². The van der Waals surface area contributed by atoms with Gasteiger partial charge in [-0.05, 0) is 48.4 Å². The van der Waals surface area contributed by atoms with Crippen LogP contribution in [-0.2, 0) is 11.2 Å². The predicted octanol–water partition coefficient (Wildman–Crippen LogP) is 3.04. The van der Waals surface area contributed by atoms with Gasteiger partial charge in [0.1, 0.15) is 5.82 Å². The Morgan fingerprint density at radius 1 is 1.15 bits per heavy atom. The van der Waals surface area contributed by atoms with Gasteiger partial charge in [-0.25, -0.2) is 4.39 Å². The lowest BCUT2D eigenvalue weighted by Crippen LogP contribution is -2.19. The molecule has 0 radical (unpaired) electrons. The highest BCUT2D eigenvalue weighted by atomic mass is 19.1. The zero-order valence-electron chi connectivity index (χ0n) is 10.7. The van der Waals surface area contributed by atoms with Crippen LogP contribution >= 0.6 is 0 Å². The number of fused-ring (bicyclic) bond motifs is 1. The van der Waals surface area contributed by atoms with Crippen LogP contribution in [0.15, 0.2) is 36.4 Å². The van der Waals surface area contributed by atoms with Crippen LogP contribution in [0.1, 0.15) is 12.0 Å². The molecule has 0 saturated heterocycles. The fourth-order valence-corrected chi connectivity index (χ4v) is 2.24. The molecule has 0 unspecified atom stereocenters. The van der Waals surface area contributed by atoms with Gasteiger partial charge in [0.2, 0.25) is 5.91 Å². The van der Waals surface area contributed by atoms with E-state index in [1.807, 2.05) is 12.1 Å². The Hall–Kier alpha value is -2.56. The number of nitrogen functional groups attached to an aromatic ring is 1. The van der Waals surface area contributed by atoms with Crippen LogP contribution < -0.4 is 16.4 Å². The fourth-order valence-electron chi connectivity index (χ4n) is 2.24. The van der Waals surface area contributed by atoms with Gasteiger partial charge in [0.25, 0.3) is 0 Å². The number of benzene rings is 2. The molecular formula is C15H14FN3O. The molecule has 0 spiro atoms. The van der Waals surface area contributed by atoms with Gasteiger partial charge < -0.3 is 16.4 Å². The fraction of sp³-hybridized carbons (Fsp3) is 0.133. The summed E-state index contributed by atoms with van der Waals surface area (Å²) in [5.74, 6) is -0.281. The number of nitrogens with two attached hydrogens (primary N) is 1. The molecule has 2 aromatic rings. The summed E-state index contributed by atoms with van der Waals surface area (Å²) >= 11 is 0. The molecule has 0 atom stereocenters. The van der Waals surface area contributed by atoms with Crippen LogP contribution in [0.25, 0.3) is 0 Å². The normalized spacial score (nSPS) is 13.6. The van der Waals surface area contributed by atoms with Crippen LogP contribution in [0.3, 0.4) is 0 Å². The summed E-state index contributed by atoms with van der Waals surface area (Å²) in [6.45, 7) is 0. The van der Waals surface area contributed by atoms with E-state index in [1.54, 1.807) is 12.1 Å². The summed E-state index contributed by atoms with van der Waals surface area (Å²) in [6.07, 6.45) is 1.18. The van der Waals surface area contributed by atoms with Gasteiger partial charge in [-0.15, -0.1) is 0 Å². The number of rotatable bonds is 2. The standard InChI is InChI=1S/C15H14FN3O/c16-10-2-4-11(5-3-10)18-14-8-13-9(7-12(14)17)1-6-15(20)19-13/h2-5,7-8,18H,1,6,17H2,(H,19,20). The summed E-state index contributed by atoms with van der Waals surface area (Å²) in [5, 5.41) is 5.95. The summed E-state index contributed by atoms with van der Waals surface area (Å²) in [6, 6.07) is 9.68. The van der Waals surface area contributed by atoms with Crippen molar-refractivity contribution in [2.75, 3.05) is 16.4 Å². The first-order chi connectivity index (χ1) is 9.61. The quantitative estimate of drug-likeness (QED) is 0.735. The highest BCUT2D eigenvalue weighted by Crippen LogP contribution is 2.32. The number of carbonyl (C=O) groups is 1. The number of amides is 1. The van der Waals surface area contributed by atoms with E-state index in [-0.39, 0.29) is 11.7 Å².